The lowest BCUT2D eigenvalue weighted by molar-refractivity contribution is 1.34. The molecule has 0 bridgehead atoms. The van der Waals surface area contributed by atoms with Gasteiger partial charge in [-0.3, -0.25) is 0 Å². The van der Waals surface area contributed by atoms with Gasteiger partial charge in [-0.05, 0) is 18.4 Å². The van der Waals surface area contributed by atoms with Gasteiger partial charge in [-0.1, -0.05) is 0 Å². The van der Waals surface area contributed by atoms with E-state index in [1.165, 1.54) is 0 Å². The van der Waals surface area contributed by atoms with E-state index in [9.17, 15) is 0 Å². The van der Waals surface area contributed by atoms with Gasteiger partial charge < -0.3 is 16.5 Å². The maximum Gasteiger partial charge on any atom is 0.198 e. The van der Waals surface area contributed by atoms with E-state index >= 15 is 0 Å². The average Bonchev–Trinajstić information content (AvgIpc) is 2.48. The van der Waals surface area contributed by atoms with Crippen molar-refractivity contribution in [2.24, 2.45) is 0 Å². The number of aromatic amines is 1. The predicted octanol–water partition coefficient (Wildman–Crippen LogP) is 1.45. The molecule has 0 unspecified atom stereocenters. The van der Waals surface area contributed by atoms with E-state index in [1.54, 1.807) is 11.8 Å². The van der Waals surface area contributed by atoms with Crippen molar-refractivity contribution in [2.45, 2.75) is 4.90 Å². The molecule has 0 saturated carbocycles. The summed E-state index contributed by atoms with van der Waals surface area (Å²) in [5, 5.41) is 0. The van der Waals surface area contributed by atoms with Crippen molar-refractivity contribution in [2.75, 3.05) is 17.7 Å². The second-order valence-electron chi connectivity index (χ2n) is 2.70. The number of H-pyrrole nitrogens is 1. The van der Waals surface area contributed by atoms with Gasteiger partial charge in [0.2, 0.25) is 0 Å². The molecule has 5 N–H and O–H groups in total. The van der Waals surface area contributed by atoms with Crippen molar-refractivity contribution in [1.82, 2.24) is 9.97 Å². The van der Waals surface area contributed by atoms with Crippen LogP contribution in [-0.2, 0) is 0 Å². The third-order valence-corrected chi connectivity index (χ3v) is 2.66. The minimum Gasteiger partial charge on any atom is -0.397 e. The Morgan fingerprint density at radius 2 is 2.15 bits per heavy atom. The minimum absolute atomic E-state index is 0.406. The molecule has 2 rings (SSSR count). The van der Waals surface area contributed by atoms with Crippen molar-refractivity contribution >= 4 is 34.4 Å². The van der Waals surface area contributed by atoms with E-state index < -0.39 is 0 Å². The zero-order valence-corrected chi connectivity index (χ0v) is 7.98. The normalized spacial score (nSPS) is 10.8. The van der Waals surface area contributed by atoms with Crippen molar-refractivity contribution in [3.63, 3.8) is 0 Å². The van der Waals surface area contributed by atoms with Crippen molar-refractivity contribution < 1.29 is 0 Å². The fourth-order valence-electron chi connectivity index (χ4n) is 1.28. The number of nitrogens with zero attached hydrogens (tertiary/aromatic N) is 1. The highest BCUT2D eigenvalue weighted by molar-refractivity contribution is 7.98. The Morgan fingerprint density at radius 1 is 1.38 bits per heavy atom. The standard InChI is InChI=1S/C8H10N4S/c1-13-5-3-2-4(9)6-7(5)12-8(10)11-6/h2-3H,9H2,1H3,(H3,10,11,12). The molecule has 0 fully saturated rings. The molecule has 0 radical (unpaired) electrons. The highest BCUT2D eigenvalue weighted by Gasteiger charge is 2.07. The highest BCUT2D eigenvalue weighted by Crippen LogP contribution is 2.28. The minimum atomic E-state index is 0.406. The summed E-state index contributed by atoms with van der Waals surface area (Å²) in [4.78, 5) is 8.19. The Labute approximate surface area is 79.7 Å². The van der Waals surface area contributed by atoms with Gasteiger partial charge in [-0.15, -0.1) is 11.8 Å². The number of benzene rings is 1. The summed E-state index contributed by atoms with van der Waals surface area (Å²) in [5.41, 5.74) is 13.6. The molecule has 2 aromatic rings. The number of nitrogens with one attached hydrogen (secondary N) is 1. The van der Waals surface area contributed by atoms with E-state index in [2.05, 4.69) is 9.97 Å². The zero-order valence-electron chi connectivity index (χ0n) is 7.16. The molecule has 13 heavy (non-hydrogen) atoms. The first kappa shape index (κ1) is 8.25. The van der Waals surface area contributed by atoms with Crippen molar-refractivity contribution in [3.05, 3.63) is 12.1 Å². The lowest BCUT2D eigenvalue weighted by Gasteiger charge is -1.99. The maximum atomic E-state index is 5.75. The Hall–Kier alpha value is -1.36. The number of imidazole rings is 1. The number of aromatic nitrogens is 2. The second kappa shape index (κ2) is 2.85. The van der Waals surface area contributed by atoms with Crippen LogP contribution in [0.25, 0.3) is 11.0 Å². The number of fused-ring (bicyclic) bond motifs is 1. The smallest absolute Gasteiger partial charge is 0.198 e. The molecule has 1 aromatic carbocycles. The van der Waals surface area contributed by atoms with Gasteiger partial charge in [-0.25, -0.2) is 4.98 Å². The Morgan fingerprint density at radius 3 is 2.85 bits per heavy atom. The topological polar surface area (TPSA) is 80.7 Å². The monoisotopic (exact) mass is 194 g/mol. The van der Waals surface area contributed by atoms with Crippen LogP contribution in [-0.4, -0.2) is 16.2 Å². The Bertz CT molecular complexity index is 449. The number of rotatable bonds is 1. The number of thioether (sulfide) groups is 1. The van der Waals surface area contributed by atoms with Crippen LogP contribution in [0.3, 0.4) is 0 Å². The molecule has 0 aliphatic rings. The second-order valence-corrected chi connectivity index (χ2v) is 3.55. The molecule has 0 aliphatic carbocycles. The molecule has 4 nitrogen and oxygen atoms in total. The first-order valence-electron chi connectivity index (χ1n) is 3.80. The number of nitrogen functional groups attached to an aromatic ring is 2. The van der Waals surface area contributed by atoms with E-state index in [4.69, 9.17) is 11.5 Å². The van der Waals surface area contributed by atoms with Crippen LogP contribution in [0.4, 0.5) is 11.6 Å². The first-order valence-corrected chi connectivity index (χ1v) is 5.02. The maximum absolute atomic E-state index is 5.75. The van der Waals surface area contributed by atoms with Crippen LogP contribution >= 0.6 is 11.8 Å². The molecule has 5 heteroatoms. The zero-order chi connectivity index (χ0) is 9.42. The summed E-state index contributed by atoms with van der Waals surface area (Å²) in [5.74, 6) is 0.406. The molecule has 0 aliphatic heterocycles. The highest BCUT2D eigenvalue weighted by atomic mass is 32.2. The third-order valence-electron chi connectivity index (χ3n) is 1.88. The molecular weight excluding hydrogens is 184 g/mol. The number of anilines is 2. The van der Waals surface area contributed by atoms with Gasteiger partial charge in [0, 0.05) is 4.90 Å². The average molecular weight is 194 g/mol. The van der Waals surface area contributed by atoms with Gasteiger partial charge in [0.15, 0.2) is 5.95 Å². The fourth-order valence-corrected chi connectivity index (χ4v) is 1.83. The van der Waals surface area contributed by atoms with Gasteiger partial charge >= 0.3 is 0 Å². The van der Waals surface area contributed by atoms with Crippen LogP contribution in [0.2, 0.25) is 0 Å². The quantitative estimate of drug-likeness (QED) is 0.474. The molecule has 0 atom stereocenters. The molecule has 1 aromatic heterocycles. The molecule has 1 heterocycles. The van der Waals surface area contributed by atoms with Crippen molar-refractivity contribution in [3.8, 4) is 0 Å². The van der Waals surface area contributed by atoms with E-state index in [0.717, 1.165) is 15.9 Å². The summed E-state index contributed by atoms with van der Waals surface area (Å²) in [6.45, 7) is 0. The third kappa shape index (κ3) is 1.21. The number of nitrogens with two attached hydrogens (primary N) is 2. The largest absolute Gasteiger partial charge is 0.397 e. The predicted molar refractivity (Wildman–Crippen MR) is 56.7 cm³/mol. The molecule has 0 spiro atoms. The van der Waals surface area contributed by atoms with Crippen LogP contribution in [0, 0.1) is 0 Å². The molecule has 0 saturated heterocycles. The van der Waals surface area contributed by atoms with Gasteiger partial charge in [0.05, 0.1) is 11.2 Å². The van der Waals surface area contributed by atoms with Gasteiger partial charge in [0.25, 0.3) is 0 Å². The SMILES string of the molecule is CSc1ccc(N)c2nc(N)[nH]c12. The number of hydrogen-bond acceptors (Lipinski definition) is 4. The van der Waals surface area contributed by atoms with Gasteiger partial charge in [-0.2, -0.15) is 0 Å². The van der Waals surface area contributed by atoms with Crippen LogP contribution in [0.5, 0.6) is 0 Å². The van der Waals surface area contributed by atoms with Crippen LogP contribution in [0.15, 0.2) is 17.0 Å². The van der Waals surface area contributed by atoms with E-state index in [0.29, 0.717) is 11.6 Å². The molecular formula is C8H10N4S. The Balaban J connectivity index is 2.83. The van der Waals surface area contributed by atoms with Gasteiger partial charge in [0.1, 0.15) is 5.52 Å². The van der Waals surface area contributed by atoms with Crippen LogP contribution in [0.1, 0.15) is 0 Å². The van der Waals surface area contributed by atoms with E-state index in [1.807, 2.05) is 18.4 Å². The Kier molecular flexibility index (Phi) is 1.81. The summed E-state index contributed by atoms with van der Waals surface area (Å²) in [7, 11) is 0. The van der Waals surface area contributed by atoms with E-state index in [-0.39, 0.29) is 0 Å². The van der Waals surface area contributed by atoms with Crippen molar-refractivity contribution in [1.29, 1.82) is 0 Å². The number of hydrogen-bond donors (Lipinski definition) is 3. The molecule has 68 valence electrons. The summed E-state index contributed by atoms with van der Waals surface area (Å²) in [6.07, 6.45) is 2.00. The summed E-state index contributed by atoms with van der Waals surface area (Å²) >= 11 is 1.64. The summed E-state index contributed by atoms with van der Waals surface area (Å²) < 4.78 is 0. The summed E-state index contributed by atoms with van der Waals surface area (Å²) in [6, 6.07) is 3.80. The van der Waals surface area contributed by atoms with Crippen LogP contribution < -0.4 is 11.5 Å². The fraction of sp³-hybridized carbons (Fsp3) is 0.125. The lowest BCUT2D eigenvalue weighted by Crippen LogP contribution is -1.87. The first-order chi connectivity index (χ1) is 6.22. The lowest BCUT2D eigenvalue weighted by atomic mass is 10.3. The molecule has 0 amide bonds.